The van der Waals surface area contributed by atoms with Crippen LogP contribution < -0.4 is 0 Å². The van der Waals surface area contributed by atoms with Crippen LogP contribution in [0.2, 0.25) is 0 Å². The van der Waals surface area contributed by atoms with Gasteiger partial charge in [-0.05, 0) is 13.0 Å². The molecule has 0 fully saturated rings. The maximum Gasteiger partial charge on any atom is 0.0584 e. The van der Waals surface area contributed by atoms with Crippen LogP contribution in [-0.2, 0) is 0 Å². The van der Waals surface area contributed by atoms with Gasteiger partial charge in [0.05, 0.1) is 5.03 Å². The minimum atomic E-state index is 0.414. The average Bonchev–Trinajstić information content (AvgIpc) is 1.65. The Balaban J connectivity index is 3.94. The molecule has 0 atom stereocenters. The molecule has 8 heavy (non-hydrogen) atoms. The number of hydrogen-bond donors (Lipinski definition) is 1. The molecule has 0 saturated carbocycles. The van der Waals surface area contributed by atoms with Crippen molar-refractivity contribution in [2.45, 2.75) is 6.92 Å². The zero-order valence-corrected chi connectivity index (χ0v) is 5.50. The molecule has 0 spiro atoms. The molecule has 0 bridgehead atoms. The van der Waals surface area contributed by atoms with Crippen molar-refractivity contribution < 1.29 is 0 Å². The zero-order valence-electron chi connectivity index (χ0n) is 4.74. The highest BCUT2D eigenvalue weighted by atomic mass is 35.5. The first-order valence-electron chi connectivity index (χ1n) is 2.20. The van der Waals surface area contributed by atoms with E-state index in [0.29, 0.717) is 5.03 Å². The third-order valence-corrected chi connectivity index (χ3v) is 0.740. The van der Waals surface area contributed by atoms with Gasteiger partial charge in [-0.2, -0.15) is 0 Å². The lowest BCUT2D eigenvalue weighted by Crippen LogP contribution is -1.70. The van der Waals surface area contributed by atoms with E-state index in [0.717, 1.165) is 11.8 Å². The summed E-state index contributed by atoms with van der Waals surface area (Å²) >= 11 is 5.42. The molecule has 0 heterocycles. The molecule has 0 aliphatic heterocycles. The Bertz CT molecular complexity index is 135. The van der Waals surface area contributed by atoms with Gasteiger partial charge in [0.1, 0.15) is 0 Å². The molecule has 0 rings (SSSR count). The number of allylic oxidation sites excluding steroid dienone is 3. The predicted octanol–water partition coefficient (Wildman–Crippen LogP) is 2.33. The van der Waals surface area contributed by atoms with Gasteiger partial charge in [-0.15, -0.1) is 0 Å². The standard InChI is InChI=1S/C6H8ClN/c1-5(2)3-6(7)4-8/h3-4,8H,1H2,2H3/b6-3+,8-4?. The van der Waals surface area contributed by atoms with Gasteiger partial charge in [0, 0.05) is 6.21 Å². The molecular weight excluding hydrogens is 122 g/mol. The van der Waals surface area contributed by atoms with Gasteiger partial charge in [0.2, 0.25) is 0 Å². The van der Waals surface area contributed by atoms with Gasteiger partial charge in [0.15, 0.2) is 0 Å². The molecule has 0 aromatic heterocycles. The Kier molecular flexibility index (Phi) is 3.20. The maximum absolute atomic E-state index is 6.64. The summed E-state index contributed by atoms with van der Waals surface area (Å²) in [5.74, 6) is 0. The van der Waals surface area contributed by atoms with Gasteiger partial charge in [-0.3, -0.25) is 0 Å². The molecule has 1 N–H and O–H groups in total. The molecule has 0 amide bonds. The van der Waals surface area contributed by atoms with Crippen LogP contribution in [-0.4, -0.2) is 6.21 Å². The smallest absolute Gasteiger partial charge is 0.0584 e. The molecule has 0 unspecified atom stereocenters. The summed E-state index contributed by atoms with van der Waals surface area (Å²) in [6.07, 6.45) is 2.71. The van der Waals surface area contributed by atoms with E-state index in [9.17, 15) is 0 Å². The van der Waals surface area contributed by atoms with Crippen LogP contribution in [0.3, 0.4) is 0 Å². The topological polar surface area (TPSA) is 23.9 Å². The van der Waals surface area contributed by atoms with Crippen molar-refractivity contribution in [1.82, 2.24) is 0 Å². The molecule has 0 saturated heterocycles. The largest absolute Gasteiger partial charge is 0.307 e. The zero-order chi connectivity index (χ0) is 6.57. The van der Waals surface area contributed by atoms with Crippen molar-refractivity contribution in [3.8, 4) is 0 Å². The van der Waals surface area contributed by atoms with E-state index in [1.807, 2.05) is 6.92 Å². The quantitative estimate of drug-likeness (QED) is 0.437. The molecule has 0 aromatic rings. The van der Waals surface area contributed by atoms with E-state index in [1.54, 1.807) is 6.08 Å². The Morgan fingerprint density at radius 2 is 2.25 bits per heavy atom. The van der Waals surface area contributed by atoms with Crippen LogP contribution in [0.25, 0.3) is 0 Å². The van der Waals surface area contributed by atoms with Gasteiger partial charge in [0.25, 0.3) is 0 Å². The Hall–Kier alpha value is -0.560. The monoisotopic (exact) mass is 129 g/mol. The van der Waals surface area contributed by atoms with Crippen molar-refractivity contribution in [1.29, 1.82) is 5.41 Å². The lowest BCUT2D eigenvalue weighted by molar-refractivity contribution is 1.53. The summed E-state index contributed by atoms with van der Waals surface area (Å²) in [4.78, 5) is 0. The molecule has 0 aliphatic rings. The fourth-order valence-corrected chi connectivity index (χ4v) is 0.463. The van der Waals surface area contributed by atoms with E-state index in [4.69, 9.17) is 17.0 Å². The fourth-order valence-electron chi connectivity index (χ4n) is 0.277. The Morgan fingerprint density at radius 1 is 1.75 bits per heavy atom. The van der Waals surface area contributed by atoms with Crippen LogP contribution in [0.1, 0.15) is 6.92 Å². The Morgan fingerprint density at radius 3 is 2.38 bits per heavy atom. The SMILES string of the molecule is C=C(C)/C=C(/Cl)C=N. The second-order valence-electron chi connectivity index (χ2n) is 1.52. The van der Waals surface area contributed by atoms with E-state index in [-0.39, 0.29) is 0 Å². The molecular formula is C6H8ClN. The van der Waals surface area contributed by atoms with Crippen molar-refractivity contribution in [3.05, 3.63) is 23.3 Å². The van der Waals surface area contributed by atoms with E-state index < -0.39 is 0 Å². The Labute approximate surface area is 54.2 Å². The van der Waals surface area contributed by atoms with E-state index >= 15 is 0 Å². The molecule has 1 nitrogen and oxygen atoms in total. The second kappa shape index (κ2) is 3.44. The number of halogens is 1. The van der Waals surface area contributed by atoms with Gasteiger partial charge in [-0.1, -0.05) is 23.8 Å². The van der Waals surface area contributed by atoms with Gasteiger partial charge >= 0.3 is 0 Å². The van der Waals surface area contributed by atoms with Crippen molar-refractivity contribution in [3.63, 3.8) is 0 Å². The first-order valence-corrected chi connectivity index (χ1v) is 2.58. The molecule has 2 heteroatoms. The lowest BCUT2D eigenvalue weighted by atomic mass is 10.3. The van der Waals surface area contributed by atoms with Crippen LogP contribution in [0.15, 0.2) is 23.3 Å². The number of nitrogens with one attached hydrogen (secondary N) is 1. The first kappa shape index (κ1) is 7.44. The van der Waals surface area contributed by atoms with Crippen LogP contribution >= 0.6 is 11.6 Å². The highest BCUT2D eigenvalue weighted by molar-refractivity contribution is 6.39. The summed E-state index contributed by atoms with van der Waals surface area (Å²) in [6, 6.07) is 0. The van der Waals surface area contributed by atoms with Crippen molar-refractivity contribution in [2.24, 2.45) is 0 Å². The third kappa shape index (κ3) is 3.62. The van der Waals surface area contributed by atoms with E-state index in [2.05, 4.69) is 6.58 Å². The molecule has 0 aromatic carbocycles. The number of rotatable bonds is 2. The highest BCUT2D eigenvalue weighted by Crippen LogP contribution is 2.00. The number of hydrogen-bond acceptors (Lipinski definition) is 1. The van der Waals surface area contributed by atoms with Crippen LogP contribution in [0.5, 0.6) is 0 Å². The predicted molar refractivity (Wildman–Crippen MR) is 37.5 cm³/mol. The van der Waals surface area contributed by atoms with Gasteiger partial charge in [-0.25, -0.2) is 0 Å². The lowest BCUT2D eigenvalue weighted by Gasteiger charge is -1.84. The van der Waals surface area contributed by atoms with Crippen LogP contribution in [0.4, 0.5) is 0 Å². The summed E-state index contributed by atoms with van der Waals surface area (Å²) < 4.78 is 0. The normalized spacial score (nSPS) is 11.0. The first-order chi connectivity index (χ1) is 3.66. The van der Waals surface area contributed by atoms with E-state index in [1.165, 1.54) is 0 Å². The van der Waals surface area contributed by atoms with Gasteiger partial charge < -0.3 is 5.41 Å². The molecule has 0 radical (unpaired) electrons. The van der Waals surface area contributed by atoms with Crippen molar-refractivity contribution >= 4 is 17.8 Å². The summed E-state index contributed by atoms with van der Waals surface area (Å²) in [6.45, 7) is 5.40. The average molecular weight is 130 g/mol. The summed E-state index contributed by atoms with van der Waals surface area (Å²) in [5.41, 5.74) is 0.860. The maximum atomic E-state index is 6.64. The van der Waals surface area contributed by atoms with Crippen molar-refractivity contribution in [2.75, 3.05) is 0 Å². The highest BCUT2D eigenvalue weighted by Gasteiger charge is 1.81. The second-order valence-corrected chi connectivity index (χ2v) is 1.96. The minimum Gasteiger partial charge on any atom is -0.307 e. The summed E-state index contributed by atoms with van der Waals surface area (Å²) in [5, 5.41) is 7.05. The fraction of sp³-hybridized carbons (Fsp3) is 0.167. The van der Waals surface area contributed by atoms with Crippen LogP contribution in [0, 0.1) is 5.41 Å². The minimum absolute atomic E-state index is 0.414. The summed E-state index contributed by atoms with van der Waals surface area (Å²) in [7, 11) is 0. The molecule has 0 aliphatic carbocycles. The third-order valence-electron chi connectivity index (χ3n) is 0.522. The molecule has 44 valence electrons.